The molecule has 2 saturated heterocycles. The van der Waals surface area contributed by atoms with E-state index in [4.69, 9.17) is 4.74 Å². The third kappa shape index (κ3) is 2.96. The van der Waals surface area contributed by atoms with Crippen LogP contribution >= 0.6 is 0 Å². The monoisotopic (exact) mass is 226 g/mol. The van der Waals surface area contributed by atoms with E-state index < -0.39 is 0 Å². The van der Waals surface area contributed by atoms with Crippen LogP contribution in [-0.2, 0) is 4.74 Å². The molecule has 0 spiro atoms. The Morgan fingerprint density at radius 2 is 1.88 bits per heavy atom. The van der Waals surface area contributed by atoms with E-state index in [2.05, 4.69) is 24.1 Å². The molecule has 0 aromatic rings. The average Bonchev–Trinajstić information content (AvgIpc) is 2.63. The van der Waals surface area contributed by atoms with Crippen molar-refractivity contribution < 1.29 is 4.74 Å². The van der Waals surface area contributed by atoms with Gasteiger partial charge < -0.3 is 15.0 Å². The van der Waals surface area contributed by atoms with Crippen molar-refractivity contribution in [2.24, 2.45) is 17.8 Å². The molecule has 1 N–H and O–H groups in total. The van der Waals surface area contributed by atoms with Crippen LogP contribution < -0.4 is 5.32 Å². The molecule has 2 aliphatic heterocycles. The third-order valence-electron chi connectivity index (χ3n) is 4.01. The number of nitrogens with zero attached hydrogens (tertiary/aromatic N) is 1. The van der Waals surface area contributed by atoms with Crippen molar-refractivity contribution in [2.45, 2.75) is 26.3 Å². The molecule has 0 saturated carbocycles. The molecule has 94 valence electrons. The molecule has 3 heteroatoms. The third-order valence-corrected chi connectivity index (χ3v) is 4.01. The highest BCUT2D eigenvalue weighted by Crippen LogP contribution is 2.23. The SMILES string of the molecule is CNC1COCC1CN1CC(C)CC(C)C1. The molecule has 0 aromatic carbocycles. The molecular formula is C13H26N2O. The van der Waals surface area contributed by atoms with Crippen molar-refractivity contribution >= 4 is 0 Å². The fraction of sp³-hybridized carbons (Fsp3) is 1.00. The molecule has 2 heterocycles. The van der Waals surface area contributed by atoms with Gasteiger partial charge in [0, 0.05) is 31.6 Å². The first-order valence-electron chi connectivity index (χ1n) is 6.66. The van der Waals surface area contributed by atoms with Crippen LogP contribution in [0.15, 0.2) is 0 Å². The minimum atomic E-state index is 0.563. The van der Waals surface area contributed by atoms with Crippen molar-refractivity contribution in [1.82, 2.24) is 10.2 Å². The summed E-state index contributed by atoms with van der Waals surface area (Å²) in [6.45, 7) is 10.3. The van der Waals surface area contributed by atoms with Crippen LogP contribution in [0.4, 0.5) is 0 Å². The topological polar surface area (TPSA) is 24.5 Å². The zero-order valence-corrected chi connectivity index (χ0v) is 10.9. The second-order valence-corrected chi connectivity index (χ2v) is 5.86. The van der Waals surface area contributed by atoms with E-state index >= 15 is 0 Å². The summed E-state index contributed by atoms with van der Waals surface area (Å²) in [5.41, 5.74) is 0. The molecule has 2 rings (SSSR count). The summed E-state index contributed by atoms with van der Waals surface area (Å²) in [7, 11) is 2.05. The summed E-state index contributed by atoms with van der Waals surface area (Å²) in [4.78, 5) is 2.64. The summed E-state index contributed by atoms with van der Waals surface area (Å²) >= 11 is 0. The Kier molecular flexibility index (Phi) is 4.22. The van der Waals surface area contributed by atoms with Gasteiger partial charge in [-0.3, -0.25) is 0 Å². The first-order chi connectivity index (χ1) is 7.69. The normalized spacial score (nSPS) is 41.4. The number of nitrogens with one attached hydrogen (secondary N) is 1. The number of likely N-dealkylation sites (N-methyl/N-ethyl adjacent to an activating group) is 1. The van der Waals surface area contributed by atoms with Gasteiger partial charge in [-0.1, -0.05) is 13.8 Å². The predicted molar refractivity (Wildman–Crippen MR) is 66.5 cm³/mol. The molecule has 0 bridgehead atoms. The first kappa shape index (κ1) is 12.3. The zero-order chi connectivity index (χ0) is 11.5. The average molecular weight is 226 g/mol. The van der Waals surface area contributed by atoms with Crippen LogP contribution in [0.3, 0.4) is 0 Å². The van der Waals surface area contributed by atoms with Crippen LogP contribution in [-0.4, -0.2) is 50.8 Å². The lowest BCUT2D eigenvalue weighted by Crippen LogP contribution is -2.45. The molecular weight excluding hydrogens is 200 g/mol. The fourth-order valence-corrected chi connectivity index (χ4v) is 3.37. The Morgan fingerprint density at radius 3 is 2.50 bits per heavy atom. The number of likely N-dealkylation sites (tertiary alicyclic amines) is 1. The first-order valence-corrected chi connectivity index (χ1v) is 6.66. The van der Waals surface area contributed by atoms with Crippen molar-refractivity contribution in [2.75, 3.05) is 39.9 Å². The van der Waals surface area contributed by atoms with E-state index in [-0.39, 0.29) is 0 Å². The standard InChI is InChI=1S/C13H26N2O/c1-10-4-11(2)6-15(5-10)7-12-8-16-9-13(12)14-3/h10-14H,4-9H2,1-3H3. The lowest BCUT2D eigenvalue weighted by atomic mass is 9.90. The van der Waals surface area contributed by atoms with E-state index in [0.29, 0.717) is 12.0 Å². The lowest BCUT2D eigenvalue weighted by Gasteiger charge is -2.37. The van der Waals surface area contributed by atoms with Gasteiger partial charge >= 0.3 is 0 Å². The van der Waals surface area contributed by atoms with E-state index in [1.807, 2.05) is 7.05 Å². The molecule has 4 unspecified atom stereocenters. The number of hydrogen-bond acceptors (Lipinski definition) is 3. The largest absolute Gasteiger partial charge is 0.379 e. The van der Waals surface area contributed by atoms with Crippen LogP contribution in [0.5, 0.6) is 0 Å². The van der Waals surface area contributed by atoms with Crippen molar-refractivity contribution in [1.29, 1.82) is 0 Å². The number of rotatable bonds is 3. The number of hydrogen-bond donors (Lipinski definition) is 1. The second kappa shape index (κ2) is 5.48. The van der Waals surface area contributed by atoms with E-state index in [9.17, 15) is 0 Å². The van der Waals surface area contributed by atoms with Crippen LogP contribution in [0.25, 0.3) is 0 Å². The van der Waals surface area contributed by atoms with Gasteiger partial charge in [0.05, 0.1) is 13.2 Å². The highest BCUT2D eigenvalue weighted by molar-refractivity contribution is 4.85. The van der Waals surface area contributed by atoms with Crippen LogP contribution in [0, 0.1) is 17.8 Å². The molecule has 3 nitrogen and oxygen atoms in total. The van der Waals surface area contributed by atoms with Gasteiger partial charge in [0.25, 0.3) is 0 Å². The van der Waals surface area contributed by atoms with Crippen molar-refractivity contribution in [3.05, 3.63) is 0 Å². The maximum absolute atomic E-state index is 5.57. The van der Waals surface area contributed by atoms with Crippen molar-refractivity contribution in [3.8, 4) is 0 Å². The van der Waals surface area contributed by atoms with Crippen LogP contribution in [0.1, 0.15) is 20.3 Å². The number of piperidine rings is 1. The van der Waals surface area contributed by atoms with Crippen LogP contribution in [0.2, 0.25) is 0 Å². The minimum Gasteiger partial charge on any atom is -0.379 e. The van der Waals surface area contributed by atoms with E-state index in [0.717, 1.165) is 25.0 Å². The summed E-state index contributed by atoms with van der Waals surface area (Å²) in [6.07, 6.45) is 1.40. The predicted octanol–water partition coefficient (Wildman–Crippen LogP) is 1.20. The van der Waals surface area contributed by atoms with Gasteiger partial charge in [-0.05, 0) is 25.3 Å². The minimum absolute atomic E-state index is 0.563. The Morgan fingerprint density at radius 1 is 1.19 bits per heavy atom. The molecule has 0 radical (unpaired) electrons. The Hall–Kier alpha value is -0.120. The molecule has 16 heavy (non-hydrogen) atoms. The number of ether oxygens (including phenoxy) is 1. The Balaban J connectivity index is 1.84. The molecule has 0 aromatic heterocycles. The molecule has 0 amide bonds. The lowest BCUT2D eigenvalue weighted by molar-refractivity contribution is 0.111. The van der Waals surface area contributed by atoms with Crippen molar-refractivity contribution in [3.63, 3.8) is 0 Å². The summed E-state index contributed by atoms with van der Waals surface area (Å²) in [5, 5.41) is 3.37. The van der Waals surface area contributed by atoms with Gasteiger partial charge in [-0.2, -0.15) is 0 Å². The molecule has 4 atom stereocenters. The van der Waals surface area contributed by atoms with Gasteiger partial charge in [0.1, 0.15) is 0 Å². The molecule has 2 aliphatic rings. The summed E-state index contributed by atoms with van der Waals surface area (Å²) < 4.78 is 5.57. The quantitative estimate of drug-likeness (QED) is 0.782. The van der Waals surface area contributed by atoms with E-state index in [1.54, 1.807) is 0 Å². The maximum atomic E-state index is 5.57. The second-order valence-electron chi connectivity index (χ2n) is 5.86. The fourth-order valence-electron chi connectivity index (χ4n) is 3.37. The van der Waals surface area contributed by atoms with Gasteiger partial charge in [-0.25, -0.2) is 0 Å². The summed E-state index contributed by atoms with van der Waals surface area (Å²) in [6, 6.07) is 0.563. The Bertz CT molecular complexity index is 212. The van der Waals surface area contributed by atoms with Gasteiger partial charge in [-0.15, -0.1) is 0 Å². The van der Waals surface area contributed by atoms with Gasteiger partial charge in [0.2, 0.25) is 0 Å². The molecule has 2 fully saturated rings. The Labute approximate surface area is 99.5 Å². The maximum Gasteiger partial charge on any atom is 0.0623 e. The molecule has 0 aliphatic carbocycles. The van der Waals surface area contributed by atoms with E-state index in [1.165, 1.54) is 26.1 Å². The zero-order valence-electron chi connectivity index (χ0n) is 10.9. The van der Waals surface area contributed by atoms with Gasteiger partial charge in [0.15, 0.2) is 0 Å². The highest BCUT2D eigenvalue weighted by atomic mass is 16.5. The highest BCUT2D eigenvalue weighted by Gasteiger charge is 2.30. The smallest absolute Gasteiger partial charge is 0.0623 e. The summed E-state index contributed by atoms with van der Waals surface area (Å²) in [5.74, 6) is 2.40.